The van der Waals surface area contributed by atoms with Crippen LogP contribution < -0.4 is 0 Å². The molecule has 1 saturated carbocycles. The predicted octanol–water partition coefficient (Wildman–Crippen LogP) is 5.14. The molecular formula is C25H44O5. The Balaban J connectivity index is 2.40. The zero-order valence-corrected chi connectivity index (χ0v) is 19.3. The molecule has 0 aromatic carbocycles. The van der Waals surface area contributed by atoms with Gasteiger partial charge in [-0.3, -0.25) is 9.59 Å². The fourth-order valence-electron chi connectivity index (χ4n) is 4.67. The van der Waals surface area contributed by atoms with E-state index in [4.69, 9.17) is 0 Å². The molecular weight excluding hydrogens is 380 g/mol. The van der Waals surface area contributed by atoms with Gasteiger partial charge in [0.2, 0.25) is 0 Å². The molecule has 0 aliphatic heterocycles. The van der Waals surface area contributed by atoms with Crippen molar-refractivity contribution < 1.29 is 24.9 Å². The van der Waals surface area contributed by atoms with Crippen LogP contribution in [-0.2, 0) is 9.59 Å². The van der Waals surface area contributed by atoms with Crippen molar-refractivity contribution in [2.75, 3.05) is 0 Å². The molecule has 1 aliphatic carbocycles. The number of rotatable bonds is 16. The summed E-state index contributed by atoms with van der Waals surface area (Å²) in [5, 5.41) is 30.0. The van der Waals surface area contributed by atoms with E-state index in [1.165, 1.54) is 19.3 Å². The summed E-state index contributed by atoms with van der Waals surface area (Å²) in [6, 6.07) is 0. The first kappa shape index (κ1) is 26.8. The minimum Gasteiger partial charge on any atom is -0.481 e. The summed E-state index contributed by atoms with van der Waals surface area (Å²) in [5.41, 5.74) is 0. The third kappa shape index (κ3) is 9.74. The van der Waals surface area contributed by atoms with E-state index in [2.05, 4.69) is 6.92 Å². The number of aliphatic hydroxyl groups is 2. The minimum atomic E-state index is -0.747. The van der Waals surface area contributed by atoms with Crippen LogP contribution in [0.2, 0.25) is 0 Å². The highest BCUT2D eigenvalue weighted by Gasteiger charge is 2.40. The van der Waals surface area contributed by atoms with Gasteiger partial charge in [-0.25, -0.2) is 0 Å². The molecule has 1 rings (SSSR count). The van der Waals surface area contributed by atoms with Crippen LogP contribution in [0.4, 0.5) is 0 Å². The molecule has 5 unspecified atom stereocenters. The molecule has 0 saturated heterocycles. The minimum absolute atomic E-state index is 0.0334. The second kappa shape index (κ2) is 14.7. The second-order valence-corrected chi connectivity index (χ2v) is 9.41. The van der Waals surface area contributed by atoms with Crippen molar-refractivity contribution in [3.8, 4) is 0 Å². The van der Waals surface area contributed by atoms with E-state index in [-0.39, 0.29) is 29.5 Å². The molecule has 0 heterocycles. The summed E-state index contributed by atoms with van der Waals surface area (Å²) >= 11 is 0. The molecule has 0 aromatic rings. The van der Waals surface area contributed by atoms with E-state index in [9.17, 15) is 24.9 Å². The molecule has 5 heteroatoms. The standard InChI is InChI=1S/C25H44O5/c1-4-5-6-7-9-12-19(26)15-16-22-21(23(27)17-24(22)28)14-11-8-10-13-20(18(2)3)25(29)30/h8,11,18,20-24,27-28H,4-7,9-10,12-17H2,1-3H3,(H,29,30)/b11-8+. The number of aliphatic hydroxyl groups excluding tert-OH is 2. The molecule has 30 heavy (non-hydrogen) atoms. The molecule has 5 nitrogen and oxygen atoms in total. The van der Waals surface area contributed by atoms with Crippen molar-refractivity contribution in [1.82, 2.24) is 0 Å². The quantitative estimate of drug-likeness (QED) is 0.236. The SMILES string of the molecule is CCCCCCCC(=O)CCC1C(O)CC(O)C1C/C=C/CCC(C(=O)O)C(C)C. The van der Waals surface area contributed by atoms with Gasteiger partial charge in [-0.05, 0) is 56.3 Å². The predicted molar refractivity (Wildman–Crippen MR) is 120 cm³/mol. The number of carbonyl (C=O) groups excluding carboxylic acids is 1. The van der Waals surface area contributed by atoms with Crippen LogP contribution in [0.15, 0.2) is 12.2 Å². The van der Waals surface area contributed by atoms with Gasteiger partial charge in [-0.15, -0.1) is 0 Å². The molecule has 0 spiro atoms. The van der Waals surface area contributed by atoms with Gasteiger partial charge in [0.05, 0.1) is 18.1 Å². The third-order valence-electron chi connectivity index (χ3n) is 6.68. The highest BCUT2D eigenvalue weighted by molar-refractivity contribution is 5.78. The Hall–Kier alpha value is -1.20. The lowest BCUT2D eigenvalue weighted by Gasteiger charge is -2.22. The lowest BCUT2D eigenvalue weighted by atomic mass is 9.85. The number of Topliss-reactive ketones (excluding diaryl/α,β-unsaturated/α-hetero) is 1. The highest BCUT2D eigenvalue weighted by atomic mass is 16.4. The summed E-state index contributed by atoms with van der Waals surface area (Å²) in [6.45, 7) is 6.03. The molecule has 0 aromatic heterocycles. The average Bonchev–Trinajstić information content (AvgIpc) is 2.94. The van der Waals surface area contributed by atoms with Gasteiger partial charge >= 0.3 is 5.97 Å². The Morgan fingerprint density at radius 1 is 0.967 bits per heavy atom. The number of hydrogen-bond acceptors (Lipinski definition) is 4. The lowest BCUT2D eigenvalue weighted by molar-refractivity contribution is -0.143. The smallest absolute Gasteiger partial charge is 0.306 e. The number of carbonyl (C=O) groups is 2. The fourth-order valence-corrected chi connectivity index (χ4v) is 4.67. The van der Waals surface area contributed by atoms with Crippen LogP contribution >= 0.6 is 0 Å². The Morgan fingerprint density at radius 2 is 1.63 bits per heavy atom. The maximum Gasteiger partial charge on any atom is 0.306 e. The second-order valence-electron chi connectivity index (χ2n) is 9.41. The zero-order valence-electron chi connectivity index (χ0n) is 19.3. The Morgan fingerprint density at radius 3 is 2.27 bits per heavy atom. The van der Waals surface area contributed by atoms with Crippen LogP contribution in [0.25, 0.3) is 0 Å². The Labute approximate surface area is 183 Å². The third-order valence-corrected chi connectivity index (χ3v) is 6.68. The summed E-state index contributed by atoms with van der Waals surface area (Å²) < 4.78 is 0. The number of carboxylic acid groups (broad SMARTS) is 1. The van der Waals surface area contributed by atoms with E-state index < -0.39 is 18.2 Å². The van der Waals surface area contributed by atoms with E-state index in [0.717, 1.165) is 12.8 Å². The van der Waals surface area contributed by atoms with Crippen molar-refractivity contribution >= 4 is 11.8 Å². The molecule has 5 atom stereocenters. The van der Waals surface area contributed by atoms with E-state index >= 15 is 0 Å². The number of hydrogen-bond donors (Lipinski definition) is 3. The molecule has 0 bridgehead atoms. The van der Waals surface area contributed by atoms with Gasteiger partial charge < -0.3 is 15.3 Å². The van der Waals surface area contributed by atoms with E-state index in [0.29, 0.717) is 44.9 Å². The van der Waals surface area contributed by atoms with Crippen LogP contribution in [0.5, 0.6) is 0 Å². The van der Waals surface area contributed by atoms with Gasteiger partial charge in [-0.1, -0.05) is 58.6 Å². The van der Waals surface area contributed by atoms with Crippen molar-refractivity contribution in [1.29, 1.82) is 0 Å². The Bertz CT molecular complexity index is 528. The van der Waals surface area contributed by atoms with E-state index in [1.807, 2.05) is 26.0 Å². The van der Waals surface area contributed by atoms with Crippen molar-refractivity contribution in [2.45, 2.75) is 110 Å². The normalized spacial score (nSPS) is 25.3. The van der Waals surface area contributed by atoms with Gasteiger partial charge in [0, 0.05) is 12.8 Å². The lowest BCUT2D eigenvalue weighted by Crippen LogP contribution is -2.22. The van der Waals surface area contributed by atoms with Gasteiger partial charge in [-0.2, -0.15) is 0 Å². The fraction of sp³-hybridized carbons (Fsp3) is 0.840. The first-order valence-electron chi connectivity index (χ1n) is 12.0. The molecule has 0 amide bonds. The number of carboxylic acids is 1. The molecule has 1 aliphatic rings. The van der Waals surface area contributed by atoms with Crippen LogP contribution in [-0.4, -0.2) is 39.3 Å². The number of ketones is 1. The summed E-state index contributed by atoms with van der Waals surface area (Å²) in [4.78, 5) is 23.5. The Kier molecular flexibility index (Phi) is 13.2. The van der Waals surface area contributed by atoms with Gasteiger partial charge in [0.15, 0.2) is 0 Å². The van der Waals surface area contributed by atoms with Gasteiger partial charge in [0.1, 0.15) is 5.78 Å². The highest BCUT2D eigenvalue weighted by Crippen LogP contribution is 2.38. The zero-order chi connectivity index (χ0) is 22.5. The number of unbranched alkanes of at least 4 members (excludes halogenated alkanes) is 4. The average molecular weight is 425 g/mol. The summed E-state index contributed by atoms with van der Waals surface area (Å²) in [7, 11) is 0. The largest absolute Gasteiger partial charge is 0.481 e. The summed E-state index contributed by atoms with van der Waals surface area (Å²) in [6.07, 6.45) is 12.7. The van der Waals surface area contributed by atoms with Crippen LogP contribution in [0.3, 0.4) is 0 Å². The van der Waals surface area contributed by atoms with Gasteiger partial charge in [0.25, 0.3) is 0 Å². The van der Waals surface area contributed by atoms with Crippen LogP contribution in [0, 0.1) is 23.7 Å². The first-order chi connectivity index (χ1) is 14.3. The monoisotopic (exact) mass is 424 g/mol. The maximum absolute atomic E-state index is 12.2. The maximum atomic E-state index is 12.2. The molecule has 3 N–H and O–H groups in total. The topological polar surface area (TPSA) is 94.8 Å². The first-order valence-corrected chi connectivity index (χ1v) is 12.0. The van der Waals surface area contributed by atoms with Crippen molar-refractivity contribution in [2.24, 2.45) is 23.7 Å². The number of aliphatic carboxylic acids is 1. The molecule has 0 radical (unpaired) electrons. The van der Waals surface area contributed by atoms with Crippen molar-refractivity contribution in [3.63, 3.8) is 0 Å². The van der Waals surface area contributed by atoms with E-state index in [1.54, 1.807) is 0 Å². The van der Waals surface area contributed by atoms with Crippen molar-refractivity contribution in [3.05, 3.63) is 12.2 Å². The molecule has 174 valence electrons. The van der Waals surface area contributed by atoms with Crippen LogP contribution in [0.1, 0.15) is 97.8 Å². The number of allylic oxidation sites excluding steroid dienone is 2. The summed E-state index contributed by atoms with van der Waals surface area (Å²) in [5.74, 6) is -0.791. The molecule has 1 fully saturated rings.